The highest BCUT2D eigenvalue weighted by Crippen LogP contribution is 2.26. The number of likely N-dealkylation sites (tertiary alicyclic amines) is 1. The van der Waals surface area contributed by atoms with Gasteiger partial charge >= 0.3 is 0 Å². The summed E-state index contributed by atoms with van der Waals surface area (Å²) in [6, 6.07) is 12.8. The Morgan fingerprint density at radius 1 is 0.970 bits per heavy atom. The van der Waals surface area contributed by atoms with E-state index in [1.807, 2.05) is 20.8 Å². The molecule has 1 heterocycles. The van der Waals surface area contributed by atoms with Gasteiger partial charge in [-0.1, -0.05) is 32.9 Å². The van der Waals surface area contributed by atoms with Crippen molar-refractivity contribution in [3.8, 4) is 5.75 Å². The number of hydrogen-bond donors (Lipinski definition) is 1. The first kappa shape index (κ1) is 25.2. The Bertz CT molecular complexity index is 1190. The molecule has 0 radical (unpaired) electrons. The number of nitrogens with zero attached hydrogens (tertiary/aromatic N) is 1. The quantitative estimate of drug-likeness (QED) is 0.603. The van der Waals surface area contributed by atoms with Gasteiger partial charge in [0.15, 0.2) is 9.84 Å². The topological polar surface area (TPSA) is 110 Å². The average Bonchev–Trinajstić information content (AvgIpc) is 2.72. The van der Waals surface area contributed by atoms with Gasteiger partial charge in [0.1, 0.15) is 11.0 Å². The van der Waals surface area contributed by atoms with E-state index in [1.165, 1.54) is 24.1 Å². The van der Waals surface area contributed by atoms with Crippen molar-refractivity contribution in [3.63, 3.8) is 0 Å². The van der Waals surface area contributed by atoms with E-state index in [9.17, 15) is 21.6 Å². The molecule has 180 valence electrons. The van der Waals surface area contributed by atoms with Gasteiger partial charge < -0.3 is 9.64 Å². The second kappa shape index (κ2) is 9.44. The maximum atomic E-state index is 12.7. The molecule has 1 aliphatic heterocycles. The van der Waals surface area contributed by atoms with Crippen LogP contribution in [-0.4, -0.2) is 59.6 Å². The van der Waals surface area contributed by atoms with E-state index in [1.54, 1.807) is 36.4 Å². The normalized spacial score (nSPS) is 15.2. The van der Waals surface area contributed by atoms with E-state index in [-0.39, 0.29) is 47.2 Å². The van der Waals surface area contributed by atoms with Crippen LogP contribution in [0.4, 0.5) is 0 Å². The third-order valence-corrected chi connectivity index (χ3v) is 9.27. The molecule has 0 aromatic heterocycles. The summed E-state index contributed by atoms with van der Waals surface area (Å²) in [5.74, 6) is 0.272. The number of methoxy groups -OCH3 is 1. The van der Waals surface area contributed by atoms with Crippen LogP contribution in [0.3, 0.4) is 0 Å². The molecule has 2 aromatic rings. The first-order valence-corrected chi connectivity index (χ1v) is 13.6. The van der Waals surface area contributed by atoms with E-state index in [2.05, 4.69) is 4.72 Å². The number of carbonyl (C=O) groups excluding carboxylic acids is 1. The first-order valence-electron chi connectivity index (χ1n) is 10.6. The fourth-order valence-corrected chi connectivity index (χ4v) is 6.15. The largest absolute Gasteiger partial charge is 0.497 e. The minimum atomic E-state index is -3.74. The summed E-state index contributed by atoms with van der Waals surface area (Å²) < 4.78 is 57.9. The summed E-state index contributed by atoms with van der Waals surface area (Å²) >= 11 is 0. The van der Waals surface area contributed by atoms with Crippen molar-refractivity contribution in [2.45, 2.75) is 47.6 Å². The van der Waals surface area contributed by atoms with Crippen molar-refractivity contribution in [3.05, 3.63) is 54.1 Å². The lowest BCUT2D eigenvalue weighted by Gasteiger charge is -2.38. The van der Waals surface area contributed by atoms with Crippen LogP contribution in [0.5, 0.6) is 5.75 Å². The molecule has 0 atom stereocenters. The minimum Gasteiger partial charge on any atom is -0.497 e. The highest BCUT2D eigenvalue weighted by molar-refractivity contribution is 7.92. The summed E-state index contributed by atoms with van der Waals surface area (Å²) in [5.41, 5.74) is 0.937. The summed E-state index contributed by atoms with van der Waals surface area (Å²) in [7, 11) is -5.78. The lowest BCUT2D eigenvalue weighted by atomic mass is 9.87. The number of rotatable bonds is 8. The predicted octanol–water partition coefficient (Wildman–Crippen LogP) is 2.35. The van der Waals surface area contributed by atoms with Gasteiger partial charge in [-0.2, -0.15) is 0 Å². The third kappa shape index (κ3) is 5.74. The number of carbonyl (C=O) groups is 1. The van der Waals surface area contributed by atoms with Crippen LogP contribution in [0.2, 0.25) is 0 Å². The van der Waals surface area contributed by atoms with Crippen molar-refractivity contribution >= 4 is 25.8 Å². The smallest absolute Gasteiger partial charge is 0.240 e. The molecule has 1 fully saturated rings. The highest BCUT2D eigenvalue weighted by Gasteiger charge is 2.40. The second-order valence-corrected chi connectivity index (χ2v) is 13.1. The van der Waals surface area contributed by atoms with Crippen LogP contribution >= 0.6 is 0 Å². The SMILES string of the molecule is COc1ccc(S(=O)(=O)C2CN(C(=O)CCNS(=O)(=O)c3ccc(C(C)(C)C)cc3)C2)cc1. The van der Waals surface area contributed by atoms with E-state index in [4.69, 9.17) is 4.74 Å². The van der Waals surface area contributed by atoms with Crippen LogP contribution in [0, 0.1) is 0 Å². The van der Waals surface area contributed by atoms with Gasteiger partial charge in [0.05, 0.1) is 16.9 Å². The Balaban J connectivity index is 1.50. The summed E-state index contributed by atoms with van der Waals surface area (Å²) in [5, 5.41) is -0.673. The second-order valence-electron chi connectivity index (χ2n) is 9.06. The van der Waals surface area contributed by atoms with Crippen LogP contribution < -0.4 is 9.46 Å². The summed E-state index contributed by atoms with van der Waals surface area (Å²) in [4.78, 5) is 14.1. The van der Waals surface area contributed by atoms with Gasteiger partial charge in [-0.15, -0.1) is 0 Å². The fraction of sp³-hybridized carbons (Fsp3) is 0.435. The molecular formula is C23H30N2O6S2. The first-order chi connectivity index (χ1) is 15.3. The molecule has 10 heteroatoms. The van der Waals surface area contributed by atoms with Crippen LogP contribution in [-0.2, 0) is 30.1 Å². The Morgan fingerprint density at radius 3 is 2.03 bits per heavy atom. The number of sulfonamides is 1. The molecule has 1 aliphatic rings. The maximum Gasteiger partial charge on any atom is 0.240 e. The van der Waals surface area contributed by atoms with E-state index < -0.39 is 25.1 Å². The number of nitrogens with one attached hydrogen (secondary N) is 1. The molecular weight excluding hydrogens is 464 g/mol. The Hall–Kier alpha value is -2.43. The van der Waals surface area contributed by atoms with Gasteiger partial charge in [0.25, 0.3) is 0 Å². The van der Waals surface area contributed by atoms with E-state index in [0.717, 1.165) is 5.56 Å². The van der Waals surface area contributed by atoms with Gasteiger partial charge in [-0.05, 0) is 47.4 Å². The number of ether oxygens (including phenoxy) is 1. The molecule has 0 unspecified atom stereocenters. The van der Waals surface area contributed by atoms with Crippen molar-refractivity contribution < 1.29 is 26.4 Å². The van der Waals surface area contributed by atoms with Crippen molar-refractivity contribution in [2.75, 3.05) is 26.7 Å². The van der Waals surface area contributed by atoms with Crippen LogP contribution in [0.1, 0.15) is 32.8 Å². The molecule has 8 nitrogen and oxygen atoms in total. The molecule has 1 saturated heterocycles. The van der Waals surface area contributed by atoms with Gasteiger partial charge in [0, 0.05) is 26.1 Å². The van der Waals surface area contributed by atoms with E-state index in [0.29, 0.717) is 5.75 Å². The average molecular weight is 495 g/mol. The minimum absolute atomic E-state index is 0.0470. The Morgan fingerprint density at radius 2 is 1.52 bits per heavy atom. The lowest BCUT2D eigenvalue weighted by molar-refractivity contribution is -0.134. The zero-order valence-electron chi connectivity index (χ0n) is 19.2. The zero-order chi connectivity index (χ0) is 24.4. The van der Waals surface area contributed by atoms with Gasteiger partial charge in [-0.3, -0.25) is 4.79 Å². The Labute approximate surface area is 195 Å². The number of sulfone groups is 1. The summed E-state index contributed by atoms with van der Waals surface area (Å²) in [6.07, 6.45) is -0.0470. The molecule has 3 rings (SSSR count). The zero-order valence-corrected chi connectivity index (χ0v) is 20.9. The molecule has 0 bridgehead atoms. The van der Waals surface area contributed by atoms with Crippen LogP contribution in [0.15, 0.2) is 58.3 Å². The molecule has 0 aliphatic carbocycles. The number of benzene rings is 2. The molecule has 0 spiro atoms. The molecule has 0 saturated carbocycles. The van der Waals surface area contributed by atoms with Gasteiger partial charge in [-0.25, -0.2) is 21.6 Å². The van der Waals surface area contributed by atoms with E-state index >= 15 is 0 Å². The maximum absolute atomic E-state index is 12.7. The van der Waals surface area contributed by atoms with Crippen LogP contribution in [0.25, 0.3) is 0 Å². The monoisotopic (exact) mass is 494 g/mol. The molecule has 1 N–H and O–H groups in total. The fourth-order valence-electron chi connectivity index (χ4n) is 3.46. The number of hydrogen-bond acceptors (Lipinski definition) is 6. The molecule has 2 aromatic carbocycles. The molecule has 33 heavy (non-hydrogen) atoms. The summed E-state index contributed by atoms with van der Waals surface area (Å²) in [6.45, 7) is 6.26. The van der Waals surface area contributed by atoms with Crippen molar-refractivity contribution in [1.29, 1.82) is 0 Å². The molecule has 1 amide bonds. The predicted molar refractivity (Wildman–Crippen MR) is 125 cm³/mol. The third-order valence-electron chi connectivity index (χ3n) is 5.69. The van der Waals surface area contributed by atoms with Crippen molar-refractivity contribution in [2.24, 2.45) is 0 Å². The lowest BCUT2D eigenvalue weighted by Crippen LogP contribution is -2.57. The highest BCUT2D eigenvalue weighted by atomic mass is 32.2. The number of amides is 1. The van der Waals surface area contributed by atoms with Gasteiger partial charge in [0.2, 0.25) is 15.9 Å². The Kier molecular flexibility index (Phi) is 7.21. The standard InChI is InChI=1S/C23H30N2O6S2/c1-23(2,3)17-5-9-20(10-6-17)33(29,30)24-14-13-22(26)25-15-21(16-25)32(27,28)19-11-7-18(31-4)8-12-19/h5-12,21,24H,13-16H2,1-4H3. The van der Waals surface area contributed by atoms with Crippen molar-refractivity contribution in [1.82, 2.24) is 9.62 Å².